The molecule has 4 rings (SSSR count). The quantitative estimate of drug-likeness (QED) is 0.221. The first-order valence-corrected chi connectivity index (χ1v) is 16.6. The molecule has 240 valence electrons. The van der Waals surface area contributed by atoms with Crippen LogP contribution in [-0.4, -0.2) is 14.1 Å². The third-order valence-corrected chi connectivity index (χ3v) is 8.34. The summed E-state index contributed by atoms with van der Waals surface area (Å²) in [6, 6.07) is 26.6. The summed E-state index contributed by atoms with van der Waals surface area (Å²) < 4.78 is 0. The van der Waals surface area contributed by atoms with E-state index in [1.165, 1.54) is 71.4 Å². The van der Waals surface area contributed by atoms with Gasteiger partial charge in [-0.25, -0.2) is 0 Å². The van der Waals surface area contributed by atoms with Crippen LogP contribution < -0.4 is 15.5 Å². The number of hydrogen-bond acceptors (Lipinski definition) is 3. The van der Waals surface area contributed by atoms with Gasteiger partial charge < -0.3 is 15.5 Å². The number of rotatable bonds is 11. The number of nitrogens with zero attached hydrogens (tertiary/aromatic N) is 2. The molecule has 3 aromatic rings. The second kappa shape index (κ2) is 16.9. The summed E-state index contributed by atoms with van der Waals surface area (Å²) in [4.78, 5) is 4.58. The summed E-state index contributed by atoms with van der Waals surface area (Å²) in [5, 5.41) is 0. The predicted molar refractivity (Wildman–Crippen MR) is 200 cm³/mol. The lowest BCUT2D eigenvalue weighted by molar-refractivity contribution is 0.396. The van der Waals surface area contributed by atoms with Gasteiger partial charge in [0, 0.05) is 43.4 Å². The van der Waals surface area contributed by atoms with Gasteiger partial charge in [-0.15, -0.1) is 0 Å². The van der Waals surface area contributed by atoms with Gasteiger partial charge in [0.15, 0.2) is 0 Å². The first-order chi connectivity index (χ1) is 21.4. The molecule has 0 atom stereocenters. The van der Waals surface area contributed by atoms with E-state index >= 15 is 0 Å². The Balaban J connectivity index is 0.000000610. The first kappa shape index (κ1) is 35.5. The molecule has 1 aliphatic rings. The normalized spacial score (nSPS) is 13.6. The Morgan fingerprint density at radius 3 is 1.96 bits per heavy atom. The van der Waals surface area contributed by atoms with Crippen molar-refractivity contribution in [2.45, 2.75) is 79.2 Å². The van der Waals surface area contributed by atoms with Crippen LogP contribution in [0.5, 0.6) is 0 Å². The molecule has 0 heterocycles. The van der Waals surface area contributed by atoms with E-state index in [-0.39, 0.29) is 0 Å². The molecule has 0 spiro atoms. The molecule has 0 radical (unpaired) electrons. The van der Waals surface area contributed by atoms with Crippen LogP contribution in [0.15, 0.2) is 116 Å². The summed E-state index contributed by atoms with van der Waals surface area (Å²) in [5.41, 5.74) is 16.3. The van der Waals surface area contributed by atoms with Gasteiger partial charge in [-0.3, -0.25) is 0 Å². The Labute approximate surface area is 274 Å². The maximum atomic E-state index is 5.38. The third kappa shape index (κ3) is 11.8. The van der Waals surface area contributed by atoms with E-state index in [1.54, 1.807) is 0 Å². The molecule has 1 fully saturated rings. The number of benzene rings is 3. The molecule has 0 unspecified atom stereocenters. The van der Waals surface area contributed by atoms with Crippen molar-refractivity contribution < 1.29 is 0 Å². The van der Waals surface area contributed by atoms with E-state index in [1.807, 2.05) is 0 Å². The zero-order valence-electron chi connectivity index (χ0n) is 28.9. The highest BCUT2D eigenvalue weighted by molar-refractivity contribution is 5.67. The van der Waals surface area contributed by atoms with Gasteiger partial charge in [-0.05, 0) is 83.5 Å². The number of nitrogens with two attached hydrogens (primary N) is 1. The lowest BCUT2D eigenvalue weighted by Gasteiger charge is -2.34. The number of hydrogen-bond donors (Lipinski definition) is 1. The summed E-state index contributed by atoms with van der Waals surface area (Å²) in [5.74, 6) is 0.558. The smallest absolute Gasteiger partial charge is 0.0478 e. The summed E-state index contributed by atoms with van der Waals surface area (Å²) in [6.45, 7) is 21.8. The van der Waals surface area contributed by atoms with Gasteiger partial charge in [0.25, 0.3) is 0 Å². The molecule has 0 aliphatic heterocycles. The topological polar surface area (TPSA) is 32.5 Å². The fourth-order valence-electron chi connectivity index (χ4n) is 5.76. The molecular formula is C42H57N3. The van der Waals surface area contributed by atoms with Crippen molar-refractivity contribution in [3.8, 4) is 11.1 Å². The van der Waals surface area contributed by atoms with Gasteiger partial charge in [0.1, 0.15) is 0 Å². The van der Waals surface area contributed by atoms with Crippen molar-refractivity contribution in [3.63, 3.8) is 0 Å². The molecule has 2 N–H and O–H groups in total. The molecular weight excluding hydrogens is 546 g/mol. The molecule has 1 saturated carbocycles. The average molecular weight is 604 g/mol. The lowest BCUT2D eigenvalue weighted by Crippen LogP contribution is -2.27. The van der Waals surface area contributed by atoms with E-state index < -0.39 is 0 Å². The van der Waals surface area contributed by atoms with Crippen LogP contribution in [-0.2, 0) is 6.54 Å². The maximum Gasteiger partial charge on any atom is 0.0478 e. The number of anilines is 2. The van der Waals surface area contributed by atoms with Gasteiger partial charge in [0.05, 0.1) is 0 Å². The van der Waals surface area contributed by atoms with Crippen LogP contribution in [0.3, 0.4) is 0 Å². The van der Waals surface area contributed by atoms with Crippen molar-refractivity contribution in [1.82, 2.24) is 0 Å². The van der Waals surface area contributed by atoms with Crippen molar-refractivity contribution >= 4 is 17.5 Å². The van der Waals surface area contributed by atoms with Crippen molar-refractivity contribution in [2.75, 3.05) is 23.9 Å². The third-order valence-electron chi connectivity index (χ3n) is 8.34. The molecule has 45 heavy (non-hydrogen) atoms. The minimum Gasteiger partial charge on any atom is -0.402 e. The minimum atomic E-state index is 0.297. The van der Waals surface area contributed by atoms with E-state index in [0.29, 0.717) is 11.3 Å². The van der Waals surface area contributed by atoms with Gasteiger partial charge >= 0.3 is 0 Å². The Morgan fingerprint density at radius 2 is 1.44 bits per heavy atom. The minimum absolute atomic E-state index is 0.297. The molecule has 0 bridgehead atoms. The van der Waals surface area contributed by atoms with Crippen LogP contribution in [0.25, 0.3) is 17.2 Å². The second-order valence-corrected chi connectivity index (χ2v) is 13.9. The highest BCUT2D eigenvalue weighted by Gasteiger charge is 2.22. The molecule has 3 heteroatoms. The van der Waals surface area contributed by atoms with Crippen molar-refractivity contribution in [2.24, 2.45) is 17.1 Å². The van der Waals surface area contributed by atoms with Crippen molar-refractivity contribution in [1.29, 1.82) is 0 Å². The summed E-state index contributed by atoms with van der Waals surface area (Å²) in [6.07, 6.45) is 12.6. The molecule has 3 nitrogen and oxygen atoms in total. The summed E-state index contributed by atoms with van der Waals surface area (Å²) >= 11 is 0. The first-order valence-electron chi connectivity index (χ1n) is 16.6. The van der Waals surface area contributed by atoms with E-state index in [0.717, 1.165) is 30.7 Å². The monoisotopic (exact) mass is 603 g/mol. The zero-order chi connectivity index (χ0) is 33.0. The van der Waals surface area contributed by atoms with Gasteiger partial charge in [-0.2, -0.15) is 0 Å². The van der Waals surface area contributed by atoms with Gasteiger partial charge in [-0.1, -0.05) is 133 Å². The van der Waals surface area contributed by atoms with E-state index in [9.17, 15) is 0 Å². The largest absolute Gasteiger partial charge is 0.402 e. The average Bonchev–Trinajstić information content (AvgIpc) is 3.02. The van der Waals surface area contributed by atoms with Crippen LogP contribution >= 0.6 is 0 Å². The lowest BCUT2D eigenvalue weighted by atomic mass is 9.86. The van der Waals surface area contributed by atoms with Crippen LogP contribution in [0.2, 0.25) is 0 Å². The zero-order valence-corrected chi connectivity index (χ0v) is 28.9. The SMILES string of the molecule is C=C(/C=C/c1cccc(N(Cc2ccc(-c3ccc(N(C)C)cc3)cc2)C(=C)C2CCCCC2)c1)CC.C=C(N)CC(C)(C)C. The molecule has 0 aromatic heterocycles. The standard InChI is InChI=1S/C35H42N2.C7H15N/c1-6-27(2)15-16-29-11-10-14-35(25-29)37(28(3)31-12-8-7-9-13-31)26-30-17-19-32(20-18-30)33-21-23-34(24-22-33)36(4)5;1-6(8)5-7(2,3)4/h10-11,14-25,31H,2-3,6-9,12-13,26H2,1,4-5H3;1,5,8H2,2-4H3/b16-15+;. The second-order valence-electron chi connectivity index (χ2n) is 13.9. The van der Waals surface area contributed by atoms with Gasteiger partial charge in [0.2, 0.25) is 0 Å². The van der Waals surface area contributed by atoms with Crippen LogP contribution in [0.1, 0.15) is 83.8 Å². The van der Waals surface area contributed by atoms with Crippen LogP contribution in [0, 0.1) is 11.3 Å². The fourth-order valence-corrected chi connectivity index (χ4v) is 5.76. The van der Waals surface area contributed by atoms with Crippen molar-refractivity contribution in [3.05, 3.63) is 127 Å². The molecule has 3 aromatic carbocycles. The Hall–Kier alpha value is -3.98. The Morgan fingerprint density at radius 1 is 0.844 bits per heavy atom. The highest BCUT2D eigenvalue weighted by Crippen LogP contribution is 2.35. The van der Waals surface area contributed by atoms with E-state index in [2.05, 4.69) is 156 Å². The highest BCUT2D eigenvalue weighted by atomic mass is 15.1. The summed E-state index contributed by atoms with van der Waals surface area (Å²) in [7, 11) is 4.15. The number of allylic oxidation sites excluding steroid dienone is 4. The van der Waals surface area contributed by atoms with E-state index in [4.69, 9.17) is 5.73 Å². The maximum absolute atomic E-state index is 5.38. The predicted octanol–water partition coefficient (Wildman–Crippen LogP) is 11.4. The Kier molecular flexibility index (Phi) is 13.3. The van der Waals surface area contributed by atoms with Crippen LogP contribution in [0.4, 0.5) is 11.4 Å². The molecule has 1 aliphatic carbocycles. The Bertz CT molecular complexity index is 1410. The molecule has 0 saturated heterocycles. The molecule has 0 amide bonds. The fraction of sp³-hybridized carbons (Fsp3) is 0.381.